The molecule has 0 saturated heterocycles. The fourth-order valence-electron chi connectivity index (χ4n) is 1.80. The second-order valence-corrected chi connectivity index (χ2v) is 3.68. The molecule has 0 amide bonds. The van der Waals surface area contributed by atoms with Crippen molar-refractivity contribution < 1.29 is 19.7 Å². The Morgan fingerprint density at radius 3 is 2.26 bits per heavy atom. The van der Waals surface area contributed by atoms with Crippen molar-refractivity contribution in [2.75, 3.05) is 0 Å². The minimum absolute atomic E-state index is 0.0703. The zero-order valence-corrected chi connectivity index (χ0v) is 9.27. The van der Waals surface area contributed by atoms with Crippen LogP contribution in [0.2, 0.25) is 0 Å². The highest BCUT2D eigenvalue weighted by Gasteiger charge is 2.21. The Hall–Kier alpha value is -3.03. The molecule has 8 heteroatoms. The van der Waals surface area contributed by atoms with Crippen LogP contribution < -0.4 is 0 Å². The van der Waals surface area contributed by atoms with Crippen LogP contribution in [0.3, 0.4) is 0 Å². The quantitative estimate of drug-likeness (QED) is 0.668. The van der Waals surface area contributed by atoms with Crippen molar-refractivity contribution in [3.8, 4) is 0 Å². The molecule has 0 aliphatic rings. The van der Waals surface area contributed by atoms with Crippen molar-refractivity contribution in [2.24, 2.45) is 0 Å². The zero-order chi connectivity index (χ0) is 14.2. The molecule has 0 aliphatic heterocycles. The van der Waals surface area contributed by atoms with E-state index < -0.39 is 21.5 Å². The van der Waals surface area contributed by atoms with E-state index in [0.29, 0.717) is 0 Å². The third-order valence-electron chi connectivity index (χ3n) is 2.60. The van der Waals surface area contributed by atoms with E-state index in [2.05, 4.69) is 0 Å². The van der Waals surface area contributed by atoms with Gasteiger partial charge in [0.2, 0.25) is 0 Å². The molecule has 1 N–H and O–H groups in total. The molecule has 19 heavy (non-hydrogen) atoms. The standard InChI is InChI=1S/C11H6N2O6/c14-11(15)9-5-6(12(16)17)4-8-7(9)2-1-3-10(8)13(18)19/h1-5H,(H,14,15). The predicted molar refractivity (Wildman–Crippen MR) is 64.2 cm³/mol. The maximum absolute atomic E-state index is 11.1. The lowest BCUT2D eigenvalue weighted by atomic mass is 10.0. The van der Waals surface area contributed by atoms with Gasteiger partial charge in [-0.2, -0.15) is 0 Å². The number of fused-ring (bicyclic) bond motifs is 1. The summed E-state index contributed by atoms with van der Waals surface area (Å²) in [4.78, 5) is 31.2. The molecule has 0 atom stereocenters. The van der Waals surface area contributed by atoms with E-state index in [9.17, 15) is 25.0 Å². The first-order chi connectivity index (χ1) is 8.91. The maximum atomic E-state index is 11.1. The van der Waals surface area contributed by atoms with Crippen molar-refractivity contribution in [3.63, 3.8) is 0 Å². The van der Waals surface area contributed by atoms with E-state index in [1.54, 1.807) is 0 Å². The van der Waals surface area contributed by atoms with Gasteiger partial charge in [-0.25, -0.2) is 4.79 Å². The van der Waals surface area contributed by atoms with Gasteiger partial charge in [0, 0.05) is 23.6 Å². The predicted octanol–water partition coefficient (Wildman–Crippen LogP) is 2.35. The van der Waals surface area contributed by atoms with Crippen molar-refractivity contribution >= 4 is 28.1 Å². The summed E-state index contributed by atoms with van der Waals surface area (Å²) in [5, 5.41) is 30.7. The molecule has 2 aromatic rings. The Morgan fingerprint density at radius 1 is 1.05 bits per heavy atom. The van der Waals surface area contributed by atoms with Gasteiger partial charge >= 0.3 is 5.97 Å². The van der Waals surface area contributed by atoms with Gasteiger partial charge in [0.25, 0.3) is 11.4 Å². The number of nitro benzene ring substituents is 2. The van der Waals surface area contributed by atoms with Gasteiger partial charge in [-0.1, -0.05) is 12.1 Å². The minimum Gasteiger partial charge on any atom is -0.478 e. The number of hydrogen-bond donors (Lipinski definition) is 1. The Labute approximate surface area is 105 Å². The summed E-state index contributed by atoms with van der Waals surface area (Å²) >= 11 is 0. The highest BCUT2D eigenvalue weighted by Crippen LogP contribution is 2.31. The molecule has 8 nitrogen and oxygen atoms in total. The second kappa shape index (κ2) is 4.33. The highest BCUT2D eigenvalue weighted by molar-refractivity contribution is 6.07. The molecule has 2 aromatic carbocycles. The molecule has 0 aromatic heterocycles. The number of carboxylic acids is 1. The average Bonchev–Trinajstić information content (AvgIpc) is 2.36. The lowest BCUT2D eigenvalue weighted by Crippen LogP contribution is -2.01. The Balaban J connectivity index is 2.95. The first kappa shape index (κ1) is 12.4. The third kappa shape index (κ3) is 2.06. The number of benzene rings is 2. The van der Waals surface area contributed by atoms with Crippen LogP contribution in [0.1, 0.15) is 10.4 Å². The van der Waals surface area contributed by atoms with Crippen LogP contribution in [-0.2, 0) is 0 Å². The number of nitrogens with zero attached hydrogens (tertiary/aromatic N) is 2. The lowest BCUT2D eigenvalue weighted by Gasteiger charge is -2.03. The van der Waals surface area contributed by atoms with Gasteiger partial charge in [0.15, 0.2) is 0 Å². The molecule has 0 fully saturated rings. The molecule has 96 valence electrons. The molecule has 0 aliphatic carbocycles. The summed E-state index contributed by atoms with van der Waals surface area (Å²) in [6.45, 7) is 0. The highest BCUT2D eigenvalue weighted by atomic mass is 16.6. The van der Waals surface area contributed by atoms with Crippen molar-refractivity contribution in [3.05, 3.63) is 56.1 Å². The second-order valence-electron chi connectivity index (χ2n) is 3.68. The fourth-order valence-corrected chi connectivity index (χ4v) is 1.80. The largest absolute Gasteiger partial charge is 0.478 e. The Kier molecular flexibility index (Phi) is 2.83. The number of aromatic carboxylic acids is 1. The van der Waals surface area contributed by atoms with Gasteiger partial charge < -0.3 is 5.11 Å². The fraction of sp³-hybridized carbons (Fsp3) is 0. The van der Waals surface area contributed by atoms with E-state index in [1.807, 2.05) is 0 Å². The van der Waals surface area contributed by atoms with Gasteiger partial charge in [-0.15, -0.1) is 0 Å². The van der Waals surface area contributed by atoms with Gasteiger partial charge in [0.1, 0.15) is 0 Å². The molecule has 0 radical (unpaired) electrons. The summed E-state index contributed by atoms with van der Waals surface area (Å²) in [5.74, 6) is -1.38. The van der Waals surface area contributed by atoms with Crippen molar-refractivity contribution in [1.29, 1.82) is 0 Å². The smallest absolute Gasteiger partial charge is 0.336 e. The maximum Gasteiger partial charge on any atom is 0.336 e. The minimum atomic E-state index is -1.38. The van der Waals surface area contributed by atoms with Crippen molar-refractivity contribution in [2.45, 2.75) is 0 Å². The monoisotopic (exact) mass is 262 g/mol. The van der Waals surface area contributed by atoms with Gasteiger partial charge in [-0.3, -0.25) is 20.2 Å². The molecule has 0 saturated carbocycles. The first-order valence-corrected chi connectivity index (χ1v) is 5.00. The van der Waals surface area contributed by atoms with Crippen LogP contribution >= 0.6 is 0 Å². The van der Waals surface area contributed by atoms with E-state index in [0.717, 1.165) is 18.2 Å². The Morgan fingerprint density at radius 2 is 1.74 bits per heavy atom. The van der Waals surface area contributed by atoms with E-state index in [-0.39, 0.29) is 22.0 Å². The summed E-state index contributed by atoms with van der Waals surface area (Å²) < 4.78 is 0. The Bertz CT molecular complexity index is 724. The normalized spacial score (nSPS) is 10.3. The van der Waals surface area contributed by atoms with Crippen LogP contribution in [0.4, 0.5) is 11.4 Å². The number of non-ortho nitro benzene ring substituents is 2. The number of hydrogen-bond acceptors (Lipinski definition) is 5. The van der Waals surface area contributed by atoms with Gasteiger partial charge in [-0.05, 0) is 0 Å². The molecule has 0 unspecified atom stereocenters. The van der Waals surface area contributed by atoms with Crippen LogP contribution in [-0.4, -0.2) is 20.9 Å². The molecular formula is C11H6N2O6. The summed E-state index contributed by atoms with van der Waals surface area (Å²) in [6.07, 6.45) is 0. The lowest BCUT2D eigenvalue weighted by molar-refractivity contribution is -0.386. The number of carbonyl (C=O) groups is 1. The number of rotatable bonds is 3. The van der Waals surface area contributed by atoms with E-state index in [1.165, 1.54) is 12.1 Å². The van der Waals surface area contributed by atoms with Gasteiger partial charge in [0.05, 0.1) is 20.8 Å². The average molecular weight is 262 g/mol. The molecule has 0 bridgehead atoms. The summed E-state index contributed by atoms with van der Waals surface area (Å²) in [6, 6.07) is 5.75. The SMILES string of the molecule is O=C(O)c1cc([N+](=O)[O-])cc2c([N+](=O)[O-])cccc12. The van der Waals surface area contributed by atoms with Crippen LogP contribution in [0.5, 0.6) is 0 Å². The van der Waals surface area contributed by atoms with E-state index >= 15 is 0 Å². The third-order valence-corrected chi connectivity index (χ3v) is 2.60. The molecule has 0 heterocycles. The topological polar surface area (TPSA) is 124 Å². The van der Waals surface area contributed by atoms with Crippen molar-refractivity contribution in [1.82, 2.24) is 0 Å². The van der Waals surface area contributed by atoms with Crippen LogP contribution in [0.25, 0.3) is 10.8 Å². The summed E-state index contributed by atoms with van der Waals surface area (Å²) in [5.41, 5.74) is -1.21. The molecular weight excluding hydrogens is 256 g/mol. The molecule has 0 spiro atoms. The number of carboxylic acid groups (broad SMARTS) is 1. The number of nitro groups is 2. The van der Waals surface area contributed by atoms with Crippen LogP contribution in [0, 0.1) is 20.2 Å². The van der Waals surface area contributed by atoms with E-state index in [4.69, 9.17) is 5.11 Å². The zero-order valence-electron chi connectivity index (χ0n) is 9.27. The van der Waals surface area contributed by atoms with Crippen LogP contribution in [0.15, 0.2) is 30.3 Å². The summed E-state index contributed by atoms with van der Waals surface area (Å²) in [7, 11) is 0. The molecule has 2 rings (SSSR count). The first-order valence-electron chi connectivity index (χ1n) is 5.00.